The monoisotopic (exact) mass is 938 g/mol. The number of piperazine rings is 1. The maximum Gasteiger partial charge on any atom is 0.573 e. The number of thioether (sulfide) groups is 1. The van der Waals surface area contributed by atoms with E-state index < -0.39 is 37.8 Å². The minimum Gasteiger partial charge on any atom is -0.406 e. The summed E-state index contributed by atoms with van der Waals surface area (Å²) in [5.74, 6) is -0.879. The summed E-state index contributed by atoms with van der Waals surface area (Å²) >= 11 is 7.45. The van der Waals surface area contributed by atoms with Crippen molar-refractivity contribution in [1.82, 2.24) is 14.5 Å². The number of alkyl halides is 3. The Balaban J connectivity index is 0.961. The van der Waals surface area contributed by atoms with Gasteiger partial charge in [-0.1, -0.05) is 48.0 Å². The minimum atomic E-state index is -4.82. The van der Waals surface area contributed by atoms with Gasteiger partial charge in [-0.15, -0.1) is 24.9 Å². The Kier molecular flexibility index (Phi) is 15.4. The average molecular weight is 939 g/mol. The lowest BCUT2D eigenvalue weighted by Crippen LogP contribution is -2.46. The first kappa shape index (κ1) is 46.6. The molecule has 0 radical (unpaired) electrons. The summed E-state index contributed by atoms with van der Waals surface area (Å²) in [6, 6.07) is 31.2. The highest BCUT2D eigenvalue weighted by atomic mass is 35.5. The molecule has 2 N–H and O–H groups in total. The predicted octanol–water partition coefficient (Wildman–Crippen LogP) is 8.55. The molecule has 2 aliphatic rings. The van der Waals surface area contributed by atoms with Crippen LogP contribution < -0.4 is 19.7 Å². The van der Waals surface area contributed by atoms with E-state index in [0.717, 1.165) is 55.6 Å². The second kappa shape index (κ2) is 21.1. The summed E-state index contributed by atoms with van der Waals surface area (Å²) < 4.78 is 76.4. The molecule has 1 atom stereocenters. The molecule has 0 aliphatic carbocycles. The molecule has 0 spiro atoms. The lowest BCUT2D eigenvalue weighted by Gasteiger charge is -2.36. The minimum absolute atomic E-state index is 0.0657. The summed E-state index contributed by atoms with van der Waals surface area (Å²) in [5.41, 5.74) is 4.01. The van der Waals surface area contributed by atoms with Crippen molar-refractivity contribution in [2.45, 2.75) is 35.2 Å². The first-order valence-corrected chi connectivity index (χ1v) is 23.4. The number of nitro benzene ring substituents is 1. The Bertz CT molecular complexity index is 2490. The van der Waals surface area contributed by atoms with Gasteiger partial charge in [0.15, 0.2) is 0 Å². The van der Waals surface area contributed by atoms with Gasteiger partial charge >= 0.3 is 6.36 Å². The van der Waals surface area contributed by atoms with Gasteiger partial charge in [0.2, 0.25) is 0 Å². The number of hydrogen-bond acceptors (Lipinski definition) is 12. The highest BCUT2D eigenvalue weighted by molar-refractivity contribution is 7.99. The zero-order chi connectivity index (χ0) is 45.3. The molecule has 19 heteroatoms. The van der Waals surface area contributed by atoms with Crippen LogP contribution >= 0.6 is 23.4 Å². The van der Waals surface area contributed by atoms with Gasteiger partial charge in [0, 0.05) is 91.4 Å². The van der Waals surface area contributed by atoms with Crippen LogP contribution in [0.4, 0.5) is 30.2 Å². The Labute approximate surface area is 378 Å². The number of nitrogens with zero attached hydrogens (tertiary/aromatic N) is 4. The molecule has 1 amide bonds. The quantitative estimate of drug-likeness (QED) is 0.0524. The molecule has 5 aromatic rings. The molecular formula is C45H46ClF3N6O7S2. The number of benzene rings is 5. The summed E-state index contributed by atoms with van der Waals surface area (Å²) in [7, 11) is -4.54. The highest BCUT2D eigenvalue weighted by Crippen LogP contribution is 2.32. The number of anilines is 2. The van der Waals surface area contributed by atoms with E-state index in [4.69, 9.17) is 16.3 Å². The highest BCUT2D eigenvalue weighted by Gasteiger charge is 2.31. The number of halogens is 4. The normalized spacial score (nSPS) is 15.7. The Morgan fingerprint density at radius 2 is 1.56 bits per heavy atom. The third-order valence-corrected chi connectivity index (χ3v) is 13.7. The SMILES string of the molecule is O=C(NS(=O)(=O)c1ccc(N[C@H](CCN2CCOCC2)CSc2ccc(OC(F)(F)F)cc2)c([N+](=O)[O-])c1)c1ccc(N2CCN(Cc3ccccc3-c3ccc(Cl)cc3)CC2)cc1. The third-order valence-electron chi connectivity index (χ3n) is 10.9. The summed E-state index contributed by atoms with van der Waals surface area (Å²) in [4.78, 5) is 31.9. The van der Waals surface area contributed by atoms with E-state index in [1.165, 1.54) is 53.7 Å². The largest absolute Gasteiger partial charge is 0.573 e. The van der Waals surface area contributed by atoms with E-state index in [2.05, 4.69) is 36.9 Å². The van der Waals surface area contributed by atoms with Gasteiger partial charge < -0.3 is 19.7 Å². The van der Waals surface area contributed by atoms with Crippen LogP contribution in [0.5, 0.6) is 5.75 Å². The van der Waals surface area contributed by atoms with E-state index in [1.807, 2.05) is 41.1 Å². The molecule has 2 aliphatic heterocycles. The fourth-order valence-electron chi connectivity index (χ4n) is 7.50. The molecule has 7 rings (SSSR count). The lowest BCUT2D eigenvalue weighted by molar-refractivity contribution is -0.384. The van der Waals surface area contributed by atoms with Crippen molar-refractivity contribution in [3.63, 3.8) is 0 Å². The zero-order valence-electron chi connectivity index (χ0n) is 34.5. The van der Waals surface area contributed by atoms with E-state index in [-0.39, 0.29) is 23.0 Å². The molecule has 5 aromatic carbocycles. The topological polar surface area (TPSA) is 147 Å². The first-order valence-electron chi connectivity index (χ1n) is 20.5. The van der Waals surface area contributed by atoms with Crippen LogP contribution in [0.15, 0.2) is 125 Å². The van der Waals surface area contributed by atoms with Gasteiger partial charge in [-0.3, -0.25) is 24.7 Å². The number of rotatable bonds is 17. The van der Waals surface area contributed by atoms with Gasteiger partial charge in [0.25, 0.3) is 21.6 Å². The lowest BCUT2D eigenvalue weighted by atomic mass is 9.99. The van der Waals surface area contributed by atoms with Crippen LogP contribution in [0.1, 0.15) is 22.3 Å². The van der Waals surface area contributed by atoms with Crippen molar-refractivity contribution in [2.24, 2.45) is 0 Å². The van der Waals surface area contributed by atoms with Crippen LogP contribution in [0, 0.1) is 10.1 Å². The van der Waals surface area contributed by atoms with Gasteiger partial charge in [-0.2, -0.15) is 0 Å². The van der Waals surface area contributed by atoms with E-state index >= 15 is 0 Å². The molecule has 0 aromatic heterocycles. The van der Waals surface area contributed by atoms with Crippen LogP contribution in [0.2, 0.25) is 5.02 Å². The Morgan fingerprint density at radius 1 is 0.875 bits per heavy atom. The number of nitro groups is 1. The number of hydrogen-bond donors (Lipinski definition) is 2. The number of sulfonamides is 1. The summed E-state index contributed by atoms with van der Waals surface area (Å²) in [5, 5.41) is 16.2. The van der Waals surface area contributed by atoms with Crippen LogP contribution in [0.25, 0.3) is 11.1 Å². The number of carbonyl (C=O) groups excluding carboxylic acids is 1. The van der Waals surface area contributed by atoms with E-state index in [0.29, 0.717) is 54.9 Å². The summed E-state index contributed by atoms with van der Waals surface area (Å²) in [6.07, 6.45) is -4.29. The number of amides is 1. The number of nitrogens with one attached hydrogen (secondary N) is 2. The molecule has 0 saturated carbocycles. The standard InChI is InChI=1S/C45H46ClF3N6O7S2/c46-35-9-5-32(6-10-35)41-4-2-1-3-34(41)30-53-21-23-54(24-22-53)37-11-7-33(8-12-37)44(56)51-64(59,60)40-17-18-42(43(29-40)55(57)58)50-36(19-20-52-25-27-61-28-26-52)31-63-39-15-13-38(14-16-39)62-45(47,48)49/h1-18,29,36,50H,19-28,30-31H2,(H,51,56)/t36-/m1/s1. The smallest absolute Gasteiger partial charge is 0.406 e. The maximum atomic E-state index is 13.5. The third kappa shape index (κ3) is 12.9. The van der Waals surface area contributed by atoms with Crippen LogP contribution in [0.3, 0.4) is 0 Å². The van der Waals surface area contributed by atoms with Crippen molar-refractivity contribution in [3.8, 4) is 16.9 Å². The molecule has 2 fully saturated rings. The van der Waals surface area contributed by atoms with Crippen molar-refractivity contribution < 1.29 is 40.8 Å². The van der Waals surface area contributed by atoms with Crippen molar-refractivity contribution in [1.29, 1.82) is 0 Å². The number of carbonyl (C=O) groups is 1. The average Bonchev–Trinajstić information content (AvgIpc) is 3.28. The molecular weight excluding hydrogens is 893 g/mol. The maximum absolute atomic E-state index is 13.5. The fraction of sp³-hybridized carbons (Fsp3) is 0.311. The zero-order valence-corrected chi connectivity index (χ0v) is 36.9. The van der Waals surface area contributed by atoms with E-state index in [9.17, 15) is 36.5 Å². The molecule has 0 bridgehead atoms. The first-order chi connectivity index (χ1) is 30.7. The molecule has 0 unspecified atom stereocenters. The molecule has 64 heavy (non-hydrogen) atoms. The predicted molar refractivity (Wildman–Crippen MR) is 242 cm³/mol. The molecule has 338 valence electrons. The number of morpholine rings is 1. The van der Waals surface area contributed by atoms with Gasteiger partial charge in [-0.05, 0) is 95.9 Å². The Hall–Kier alpha value is -5.37. The van der Waals surface area contributed by atoms with Crippen molar-refractivity contribution in [3.05, 3.63) is 142 Å². The van der Waals surface area contributed by atoms with Gasteiger partial charge in [0.1, 0.15) is 11.4 Å². The Morgan fingerprint density at radius 3 is 2.23 bits per heavy atom. The molecule has 2 saturated heterocycles. The van der Waals surface area contributed by atoms with Crippen molar-refractivity contribution >= 4 is 56.4 Å². The molecule has 2 heterocycles. The second-order valence-electron chi connectivity index (χ2n) is 15.3. The van der Waals surface area contributed by atoms with Crippen molar-refractivity contribution in [2.75, 3.05) is 75.0 Å². The summed E-state index contributed by atoms with van der Waals surface area (Å²) in [6.45, 7) is 7.10. The number of ether oxygens (including phenoxy) is 2. The fourth-order valence-corrected chi connectivity index (χ4v) is 9.60. The molecule has 13 nitrogen and oxygen atoms in total. The van der Waals surface area contributed by atoms with Crippen LogP contribution in [-0.2, 0) is 21.3 Å². The van der Waals surface area contributed by atoms with Gasteiger partial charge in [0.05, 0.1) is 23.0 Å². The van der Waals surface area contributed by atoms with Gasteiger partial charge in [-0.25, -0.2) is 13.1 Å². The second-order valence-corrected chi connectivity index (χ2v) is 18.5. The van der Waals surface area contributed by atoms with Crippen LogP contribution in [-0.4, -0.2) is 106 Å². The van der Waals surface area contributed by atoms with E-state index in [1.54, 1.807) is 24.3 Å².